The molecule has 0 fully saturated rings. The minimum atomic E-state index is 0.174. The van der Waals surface area contributed by atoms with Gasteiger partial charge in [0.15, 0.2) is 0 Å². The Morgan fingerprint density at radius 1 is 1.04 bits per heavy atom. The Bertz CT molecular complexity index is 700. The van der Waals surface area contributed by atoms with Gasteiger partial charge in [-0.25, -0.2) is 0 Å². The van der Waals surface area contributed by atoms with Crippen LogP contribution in [0.1, 0.15) is 31.1 Å². The summed E-state index contributed by atoms with van der Waals surface area (Å²) >= 11 is 1.81. The molecule has 3 rings (SSSR count). The predicted molar refractivity (Wildman–Crippen MR) is 106 cm³/mol. The van der Waals surface area contributed by atoms with Crippen molar-refractivity contribution in [3.05, 3.63) is 60.2 Å². The predicted octanol–water partition coefficient (Wildman–Crippen LogP) is 4.60. The third-order valence-electron chi connectivity index (χ3n) is 4.79. The van der Waals surface area contributed by atoms with Gasteiger partial charge in [0.1, 0.15) is 0 Å². The van der Waals surface area contributed by atoms with Gasteiger partial charge >= 0.3 is 0 Å². The van der Waals surface area contributed by atoms with Gasteiger partial charge in [-0.3, -0.25) is 4.79 Å². The molecule has 3 nitrogen and oxygen atoms in total. The number of carbonyl (C=O) groups excluding carboxylic acids is 1. The molecule has 0 saturated heterocycles. The lowest BCUT2D eigenvalue weighted by atomic mass is 10.1. The fourth-order valence-electron chi connectivity index (χ4n) is 3.26. The molecule has 0 saturated carbocycles. The molecule has 2 aromatic carbocycles. The molecule has 1 amide bonds. The van der Waals surface area contributed by atoms with Gasteiger partial charge in [0.05, 0.1) is 5.69 Å². The highest BCUT2D eigenvalue weighted by molar-refractivity contribution is 7.99. The molecular formula is C21H26N2OS. The van der Waals surface area contributed by atoms with Gasteiger partial charge < -0.3 is 9.80 Å². The highest BCUT2D eigenvalue weighted by Gasteiger charge is 2.29. The van der Waals surface area contributed by atoms with Crippen LogP contribution in [0.5, 0.6) is 0 Å². The van der Waals surface area contributed by atoms with Crippen LogP contribution in [0.2, 0.25) is 0 Å². The normalized spacial score (nSPS) is 17.5. The lowest BCUT2D eigenvalue weighted by Gasteiger charge is -2.26. The summed E-state index contributed by atoms with van der Waals surface area (Å²) in [6, 6.07) is 18.7. The van der Waals surface area contributed by atoms with E-state index in [0.29, 0.717) is 6.42 Å². The van der Waals surface area contributed by atoms with Gasteiger partial charge in [-0.15, -0.1) is 11.8 Å². The Morgan fingerprint density at radius 3 is 2.44 bits per heavy atom. The van der Waals surface area contributed by atoms with Crippen molar-refractivity contribution in [2.45, 2.75) is 30.4 Å². The van der Waals surface area contributed by atoms with Gasteiger partial charge in [-0.05, 0) is 30.8 Å². The molecule has 0 spiro atoms. The largest absolute Gasteiger partial charge is 0.310 e. The number of fused-ring (bicyclic) bond motifs is 1. The molecule has 0 aliphatic carbocycles. The molecule has 1 aliphatic rings. The molecule has 2 aromatic rings. The highest BCUT2D eigenvalue weighted by Crippen LogP contribution is 2.45. The van der Waals surface area contributed by atoms with Crippen LogP contribution < -0.4 is 4.90 Å². The topological polar surface area (TPSA) is 23.6 Å². The van der Waals surface area contributed by atoms with E-state index in [1.54, 1.807) is 0 Å². The van der Waals surface area contributed by atoms with Crippen molar-refractivity contribution >= 4 is 23.4 Å². The standard InChI is InChI=1S/C21H26N2OS/c1-3-22(4-2)14-15-23-18-12-8-9-13-19(18)25-20(16-21(23)24)17-10-6-5-7-11-17/h5-13,20H,3-4,14-16H2,1-2H3/t20-/m0/s1. The zero-order valence-corrected chi connectivity index (χ0v) is 15.8. The number of thioether (sulfide) groups is 1. The van der Waals surface area contributed by atoms with Crippen molar-refractivity contribution in [3.63, 3.8) is 0 Å². The van der Waals surface area contributed by atoms with Crippen LogP contribution in [-0.4, -0.2) is 37.0 Å². The number of anilines is 1. The first-order valence-corrected chi connectivity index (χ1v) is 9.94. The van der Waals surface area contributed by atoms with Crippen LogP contribution in [0.25, 0.3) is 0 Å². The summed E-state index contributed by atoms with van der Waals surface area (Å²) < 4.78 is 0. The molecule has 1 aliphatic heterocycles. The molecule has 132 valence electrons. The second-order valence-electron chi connectivity index (χ2n) is 6.26. The Labute approximate surface area is 155 Å². The molecule has 0 aromatic heterocycles. The molecule has 0 unspecified atom stereocenters. The first-order valence-electron chi connectivity index (χ1n) is 9.06. The summed E-state index contributed by atoms with van der Waals surface area (Å²) in [6.45, 7) is 8.03. The van der Waals surface area contributed by atoms with Crippen molar-refractivity contribution in [2.75, 3.05) is 31.1 Å². The number of benzene rings is 2. The van der Waals surface area contributed by atoms with Crippen LogP contribution in [0.15, 0.2) is 59.5 Å². The highest BCUT2D eigenvalue weighted by atomic mass is 32.2. The maximum atomic E-state index is 13.0. The number of hydrogen-bond donors (Lipinski definition) is 0. The number of carbonyl (C=O) groups is 1. The van der Waals surface area contributed by atoms with Crippen LogP contribution in [0.3, 0.4) is 0 Å². The van der Waals surface area contributed by atoms with Gasteiger partial charge in [-0.2, -0.15) is 0 Å². The summed E-state index contributed by atoms with van der Waals surface area (Å²) in [5.41, 5.74) is 2.28. The van der Waals surface area contributed by atoms with E-state index in [-0.39, 0.29) is 11.2 Å². The molecule has 4 heteroatoms. The molecular weight excluding hydrogens is 328 g/mol. The number of rotatable bonds is 6. The van der Waals surface area contributed by atoms with Gasteiger partial charge in [0.25, 0.3) is 0 Å². The Hall–Kier alpha value is -1.78. The molecule has 25 heavy (non-hydrogen) atoms. The second kappa shape index (κ2) is 8.54. The monoisotopic (exact) mass is 354 g/mol. The number of likely N-dealkylation sites (N-methyl/N-ethyl adjacent to an activating group) is 1. The first-order chi connectivity index (χ1) is 12.2. The minimum Gasteiger partial charge on any atom is -0.310 e. The molecule has 0 bridgehead atoms. The second-order valence-corrected chi connectivity index (χ2v) is 7.51. The summed E-state index contributed by atoms with van der Waals surface area (Å²) in [6.07, 6.45) is 0.543. The lowest BCUT2D eigenvalue weighted by molar-refractivity contribution is -0.118. The number of amides is 1. The maximum Gasteiger partial charge on any atom is 0.228 e. The summed E-state index contributed by atoms with van der Waals surface area (Å²) in [5.74, 6) is 0.221. The molecule has 1 atom stereocenters. The molecule has 1 heterocycles. The smallest absolute Gasteiger partial charge is 0.228 e. The van der Waals surface area contributed by atoms with E-state index >= 15 is 0 Å². The average molecular weight is 355 g/mol. The minimum absolute atomic E-state index is 0.174. The van der Waals surface area contributed by atoms with E-state index in [2.05, 4.69) is 61.2 Å². The van der Waals surface area contributed by atoms with Crippen molar-refractivity contribution < 1.29 is 4.79 Å². The average Bonchev–Trinajstić information content (AvgIpc) is 2.80. The summed E-state index contributed by atoms with van der Waals surface area (Å²) in [7, 11) is 0. The van der Waals surface area contributed by atoms with E-state index in [0.717, 1.165) is 31.9 Å². The first kappa shape index (κ1) is 18.0. The fraction of sp³-hybridized carbons (Fsp3) is 0.381. The third-order valence-corrected chi connectivity index (χ3v) is 6.11. The zero-order chi connectivity index (χ0) is 17.6. The number of para-hydroxylation sites is 1. The Kier molecular flexibility index (Phi) is 6.16. The summed E-state index contributed by atoms with van der Waals surface area (Å²) in [5, 5.41) is 0.174. The number of hydrogen-bond acceptors (Lipinski definition) is 3. The number of nitrogens with zero attached hydrogens (tertiary/aromatic N) is 2. The quantitative estimate of drug-likeness (QED) is 0.757. The zero-order valence-electron chi connectivity index (χ0n) is 15.0. The van der Waals surface area contributed by atoms with Gasteiger partial charge in [-0.1, -0.05) is 56.3 Å². The van der Waals surface area contributed by atoms with Crippen LogP contribution in [0.4, 0.5) is 5.69 Å². The third kappa shape index (κ3) is 4.25. The van der Waals surface area contributed by atoms with E-state index in [4.69, 9.17) is 0 Å². The van der Waals surface area contributed by atoms with E-state index in [9.17, 15) is 4.79 Å². The van der Waals surface area contributed by atoms with Crippen molar-refractivity contribution in [3.8, 4) is 0 Å². The van der Waals surface area contributed by atoms with Crippen molar-refractivity contribution in [1.29, 1.82) is 0 Å². The van der Waals surface area contributed by atoms with Crippen LogP contribution >= 0.6 is 11.8 Å². The Balaban J connectivity index is 1.87. The van der Waals surface area contributed by atoms with E-state index in [1.807, 2.05) is 28.8 Å². The van der Waals surface area contributed by atoms with Crippen LogP contribution in [-0.2, 0) is 4.79 Å². The van der Waals surface area contributed by atoms with Gasteiger partial charge in [0.2, 0.25) is 5.91 Å². The fourth-order valence-corrected chi connectivity index (χ4v) is 4.54. The van der Waals surface area contributed by atoms with Crippen LogP contribution in [0, 0.1) is 0 Å². The van der Waals surface area contributed by atoms with Crippen molar-refractivity contribution in [2.24, 2.45) is 0 Å². The van der Waals surface area contributed by atoms with E-state index < -0.39 is 0 Å². The maximum absolute atomic E-state index is 13.0. The summed E-state index contributed by atoms with van der Waals surface area (Å²) in [4.78, 5) is 18.6. The lowest BCUT2D eigenvalue weighted by Crippen LogP contribution is -2.38. The molecule has 0 N–H and O–H groups in total. The SMILES string of the molecule is CCN(CC)CCN1C(=O)C[C@@H](c2ccccc2)Sc2ccccc21. The van der Waals surface area contributed by atoms with E-state index in [1.165, 1.54) is 10.5 Å². The van der Waals surface area contributed by atoms with Crippen molar-refractivity contribution in [1.82, 2.24) is 4.90 Å². The van der Waals surface area contributed by atoms with Gasteiger partial charge in [0, 0.05) is 29.7 Å². The molecule has 0 radical (unpaired) electrons. The Morgan fingerprint density at radius 2 is 1.72 bits per heavy atom.